The Morgan fingerprint density at radius 2 is 1.77 bits per heavy atom. The van der Waals surface area contributed by atoms with Gasteiger partial charge in [-0.05, 0) is 43.9 Å². The van der Waals surface area contributed by atoms with Crippen molar-refractivity contribution >= 4 is 11.9 Å². The number of rotatable bonds is 10. The fraction of sp³-hybridized carbons (Fsp3) is 0.417. The lowest BCUT2D eigenvalue weighted by Gasteiger charge is -2.15. The third-order valence-corrected chi connectivity index (χ3v) is 5.77. The number of hydrogen-bond acceptors (Lipinski definition) is 4. The van der Waals surface area contributed by atoms with Crippen LogP contribution in [-0.4, -0.2) is 60.6 Å². The van der Waals surface area contributed by atoms with E-state index in [1.165, 1.54) is 4.90 Å². The van der Waals surface area contributed by atoms with Gasteiger partial charge >= 0.3 is 6.03 Å². The van der Waals surface area contributed by atoms with Crippen LogP contribution in [0.3, 0.4) is 0 Å². The maximum atomic E-state index is 12.3. The predicted molar refractivity (Wildman–Crippen MR) is 116 cm³/mol. The highest BCUT2D eigenvalue weighted by Crippen LogP contribution is 2.29. The lowest BCUT2D eigenvalue weighted by molar-refractivity contribution is -0.128. The zero-order valence-corrected chi connectivity index (χ0v) is 17.3. The number of amides is 3. The van der Waals surface area contributed by atoms with Crippen LogP contribution in [0.1, 0.15) is 25.7 Å². The monoisotopic (exact) mass is 407 g/mol. The van der Waals surface area contributed by atoms with Crippen LogP contribution in [-0.2, 0) is 4.79 Å². The molecular weight excluding hydrogens is 378 g/mol. The van der Waals surface area contributed by atoms with E-state index in [-0.39, 0.29) is 18.0 Å². The summed E-state index contributed by atoms with van der Waals surface area (Å²) in [5, 5.41) is 3.38. The minimum Gasteiger partial charge on any atom is -0.492 e. The molecule has 2 fully saturated rings. The van der Waals surface area contributed by atoms with Crippen molar-refractivity contribution in [2.75, 3.05) is 32.8 Å². The van der Waals surface area contributed by atoms with Gasteiger partial charge in [0.2, 0.25) is 0 Å². The molecule has 6 nitrogen and oxygen atoms in total. The van der Waals surface area contributed by atoms with Crippen LogP contribution in [0.2, 0.25) is 0 Å². The fourth-order valence-electron chi connectivity index (χ4n) is 4.21. The van der Waals surface area contributed by atoms with E-state index in [1.54, 1.807) is 4.90 Å². The average molecular weight is 408 g/mol. The molecular formula is C24H29N3O3. The molecule has 0 bridgehead atoms. The topological polar surface area (TPSA) is 61.9 Å². The van der Waals surface area contributed by atoms with Crippen LogP contribution >= 0.6 is 0 Å². The highest BCUT2D eigenvalue weighted by Gasteiger charge is 2.46. The molecule has 2 aromatic rings. The molecule has 1 atom stereocenters. The van der Waals surface area contributed by atoms with Crippen LogP contribution in [0.4, 0.5) is 4.79 Å². The Morgan fingerprint density at radius 3 is 2.60 bits per heavy atom. The standard InChI is InChI=1S/C24H29N3O3/c28-23-21-12-8-17-26(21)24(29)27(23)16-7-6-14-25-15-18-30-22-13-5-4-11-20(22)19-9-2-1-3-10-19/h1-5,9-11,13,21,25H,6-8,12,14-18H2. The molecule has 2 saturated heterocycles. The summed E-state index contributed by atoms with van der Waals surface area (Å²) >= 11 is 0. The molecule has 158 valence electrons. The zero-order chi connectivity index (χ0) is 20.8. The Bertz CT molecular complexity index is 849. The summed E-state index contributed by atoms with van der Waals surface area (Å²) in [7, 11) is 0. The first-order valence-corrected chi connectivity index (χ1v) is 10.9. The number of para-hydroxylation sites is 1. The van der Waals surface area contributed by atoms with Gasteiger partial charge < -0.3 is 15.0 Å². The van der Waals surface area contributed by atoms with Crippen molar-refractivity contribution < 1.29 is 14.3 Å². The molecule has 2 heterocycles. The highest BCUT2D eigenvalue weighted by molar-refractivity contribution is 6.04. The predicted octanol–water partition coefficient (Wildman–Crippen LogP) is 3.53. The zero-order valence-electron chi connectivity index (χ0n) is 17.3. The van der Waals surface area contributed by atoms with Gasteiger partial charge in [-0.15, -0.1) is 0 Å². The molecule has 1 unspecified atom stereocenters. The number of nitrogens with one attached hydrogen (secondary N) is 1. The minimum absolute atomic E-state index is 0.00376. The molecule has 0 radical (unpaired) electrons. The minimum atomic E-state index is -0.188. The van der Waals surface area contributed by atoms with Gasteiger partial charge in [0.25, 0.3) is 5.91 Å². The molecule has 2 aromatic carbocycles. The van der Waals surface area contributed by atoms with Crippen molar-refractivity contribution in [2.24, 2.45) is 0 Å². The number of carbonyl (C=O) groups excluding carboxylic acids is 2. The number of hydrogen-bond donors (Lipinski definition) is 1. The smallest absolute Gasteiger partial charge is 0.327 e. The van der Waals surface area contributed by atoms with Crippen molar-refractivity contribution in [2.45, 2.75) is 31.7 Å². The van der Waals surface area contributed by atoms with Crippen molar-refractivity contribution in [3.63, 3.8) is 0 Å². The van der Waals surface area contributed by atoms with E-state index in [1.807, 2.05) is 36.4 Å². The number of nitrogens with zero attached hydrogens (tertiary/aromatic N) is 2. The van der Waals surface area contributed by atoms with E-state index < -0.39 is 0 Å². The van der Waals surface area contributed by atoms with E-state index in [0.717, 1.165) is 62.2 Å². The van der Waals surface area contributed by atoms with Gasteiger partial charge in [0, 0.05) is 25.2 Å². The van der Waals surface area contributed by atoms with Gasteiger partial charge in [0.05, 0.1) is 0 Å². The summed E-state index contributed by atoms with van der Waals surface area (Å²) in [5.41, 5.74) is 2.24. The fourth-order valence-corrected chi connectivity index (χ4v) is 4.21. The molecule has 2 aliphatic heterocycles. The Hall–Kier alpha value is -2.86. The summed E-state index contributed by atoms with van der Waals surface area (Å²) < 4.78 is 5.98. The van der Waals surface area contributed by atoms with E-state index in [2.05, 4.69) is 23.5 Å². The van der Waals surface area contributed by atoms with Crippen LogP contribution in [0.25, 0.3) is 11.1 Å². The summed E-state index contributed by atoms with van der Waals surface area (Å²) in [5.74, 6) is 0.882. The Morgan fingerprint density at radius 1 is 0.967 bits per heavy atom. The molecule has 0 aromatic heterocycles. The summed E-state index contributed by atoms with van der Waals surface area (Å²) in [4.78, 5) is 27.7. The quantitative estimate of drug-likeness (QED) is 0.484. The second-order valence-corrected chi connectivity index (χ2v) is 7.79. The molecule has 1 N–H and O–H groups in total. The Labute approximate surface area is 177 Å². The number of carbonyl (C=O) groups is 2. The van der Waals surface area contributed by atoms with Crippen molar-refractivity contribution in [3.8, 4) is 16.9 Å². The second-order valence-electron chi connectivity index (χ2n) is 7.79. The van der Waals surface area contributed by atoms with Gasteiger partial charge in [-0.2, -0.15) is 0 Å². The summed E-state index contributed by atoms with van der Waals surface area (Å²) in [6, 6.07) is 18.0. The van der Waals surface area contributed by atoms with Crippen LogP contribution in [0.15, 0.2) is 54.6 Å². The third-order valence-electron chi connectivity index (χ3n) is 5.77. The highest BCUT2D eigenvalue weighted by atomic mass is 16.5. The van der Waals surface area contributed by atoms with Gasteiger partial charge in [-0.3, -0.25) is 9.69 Å². The molecule has 2 aliphatic rings. The maximum absolute atomic E-state index is 12.3. The lowest BCUT2D eigenvalue weighted by Crippen LogP contribution is -2.34. The van der Waals surface area contributed by atoms with E-state index in [9.17, 15) is 9.59 Å². The lowest BCUT2D eigenvalue weighted by atomic mass is 10.1. The Balaban J connectivity index is 1.13. The van der Waals surface area contributed by atoms with Gasteiger partial charge in [0.1, 0.15) is 18.4 Å². The largest absolute Gasteiger partial charge is 0.492 e. The number of unbranched alkanes of at least 4 members (excludes halogenated alkanes) is 1. The van der Waals surface area contributed by atoms with Gasteiger partial charge in [-0.1, -0.05) is 48.5 Å². The van der Waals surface area contributed by atoms with Gasteiger partial charge in [0.15, 0.2) is 0 Å². The third kappa shape index (κ3) is 4.49. The average Bonchev–Trinajstić information content (AvgIpc) is 3.35. The first-order chi connectivity index (χ1) is 14.8. The van der Waals surface area contributed by atoms with E-state index >= 15 is 0 Å². The SMILES string of the molecule is O=C1C2CCCN2C(=O)N1CCCCNCCOc1ccccc1-c1ccccc1. The van der Waals surface area contributed by atoms with E-state index in [4.69, 9.17) is 4.74 Å². The second kappa shape index (κ2) is 9.76. The number of imide groups is 1. The van der Waals surface area contributed by atoms with Crippen LogP contribution in [0, 0.1) is 0 Å². The van der Waals surface area contributed by atoms with Crippen molar-refractivity contribution in [1.82, 2.24) is 15.1 Å². The molecule has 6 heteroatoms. The normalized spacial score (nSPS) is 18.2. The van der Waals surface area contributed by atoms with Gasteiger partial charge in [-0.25, -0.2) is 4.79 Å². The van der Waals surface area contributed by atoms with Crippen LogP contribution < -0.4 is 10.1 Å². The first kappa shape index (κ1) is 20.4. The molecule has 30 heavy (non-hydrogen) atoms. The first-order valence-electron chi connectivity index (χ1n) is 10.9. The number of benzene rings is 2. The molecule has 3 amide bonds. The van der Waals surface area contributed by atoms with Crippen LogP contribution in [0.5, 0.6) is 5.75 Å². The van der Waals surface area contributed by atoms with Crippen molar-refractivity contribution in [1.29, 1.82) is 0 Å². The maximum Gasteiger partial charge on any atom is 0.327 e. The molecule has 0 saturated carbocycles. The summed E-state index contributed by atoms with van der Waals surface area (Å²) in [6.07, 6.45) is 3.50. The number of ether oxygens (including phenoxy) is 1. The summed E-state index contributed by atoms with van der Waals surface area (Å²) in [6.45, 7) is 3.42. The number of fused-ring (bicyclic) bond motifs is 1. The van der Waals surface area contributed by atoms with Crippen molar-refractivity contribution in [3.05, 3.63) is 54.6 Å². The number of urea groups is 1. The molecule has 0 aliphatic carbocycles. The molecule has 4 rings (SSSR count). The Kier molecular flexibility index (Phi) is 6.64. The van der Waals surface area contributed by atoms with E-state index in [0.29, 0.717) is 13.2 Å². The molecule has 0 spiro atoms.